The number of carbonyl (C=O) groups is 2. The fourth-order valence-electron chi connectivity index (χ4n) is 2.37. The molecule has 0 aliphatic carbocycles. The van der Waals surface area contributed by atoms with Crippen LogP contribution in [0.2, 0.25) is 0 Å². The molecule has 0 saturated carbocycles. The van der Waals surface area contributed by atoms with Gasteiger partial charge in [-0.25, -0.2) is 9.78 Å². The van der Waals surface area contributed by atoms with Crippen LogP contribution in [0.25, 0.3) is 0 Å². The molecule has 0 unspecified atom stereocenters. The molecular formula is C18H18N2O5S. The monoisotopic (exact) mass is 374 g/mol. The molecule has 2 aromatic rings. The lowest BCUT2D eigenvalue weighted by atomic mass is 10.2. The van der Waals surface area contributed by atoms with Crippen LogP contribution >= 0.6 is 11.8 Å². The maximum atomic E-state index is 12.3. The molecule has 136 valence electrons. The summed E-state index contributed by atoms with van der Waals surface area (Å²) < 4.78 is 15.8. The summed E-state index contributed by atoms with van der Waals surface area (Å²) in [7, 11) is 0. The van der Waals surface area contributed by atoms with Crippen LogP contribution in [0.5, 0.6) is 11.5 Å². The van der Waals surface area contributed by atoms with E-state index < -0.39 is 12.1 Å². The molecule has 0 saturated heterocycles. The third-order valence-electron chi connectivity index (χ3n) is 3.74. The number of fused-ring (bicyclic) bond motifs is 1. The standard InChI is InChI=1S/C18H18N2O5S/c1-11(25-18(22)13-4-3-7-19-17(13)26-2)16(21)20-9-12-5-6-14-15(8-12)24-10-23-14/h3-8,11H,9-10H2,1-2H3,(H,20,21)/t11-/m0/s1. The Labute approximate surface area is 155 Å². The number of hydrogen-bond donors (Lipinski definition) is 1. The summed E-state index contributed by atoms with van der Waals surface area (Å²) in [6.07, 6.45) is 2.50. The molecule has 1 amide bonds. The number of benzene rings is 1. The van der Waals surface area contributed by atoms with Crippen molar-refractivity contribution < 1.29 is 23.8 Å². The lowest BCUT2D eigenvalue weighted by Gasteiger charge is -2.14. The number of nitrogens with one attached hydrogen (secondary N) is 1. The quantitative estimate of drug-likeness (QED) is 0.614. The Morgan fingerprint density at radius 3 is 2.92 bits per heavy atom. The van der Waals surface area contributed by atoms with E-state index in [4.69, 9.17) is 14.2 Å². The third kappa shape index (κ3) is 4.08. The van der Waals surface area contributed by atoms with Gasteiger partial charge in [-0.05, 0) is 43.0 Å². The zero-order valence-electron chi connectivity index (χ0n) is 14.4. The number of thioether (sulfide) groups is 1. The van der Waals surface area contributed by atoms with Crippen LogP contribution < -0.4 is 14.8 Å². The van der Waals surface area contributed by atoms with Gasteiger partial charge in [0.15, 0.2) is 17.6 Å². The van der Waals surface area contributed by atoms with Crippen molar-refractivity contribution in [3.8, 4) is 11.5 Å². The number of pyridine rings is 1. The second kappa shape index (κ2) is 8.09. The Bertz CT molecular complexity index is 827. The van der Waals surface area contributed by atoms with Gasteiger partial charge >= 0.3 is 5.97 Å². The van der Waals surface area contributed by atoms with E-state index in [-0.39, 0.29) is 12.7 Å². The van der Waals surface area contributed by atoms with Crippen molar-refractivity contribution in [1.29, 1.82) is 0 Å². The van der Waals surface area contributed by atoms with Gasteiger partial charge in [0.05, 0.1) is 5.56 Å². The molecule has 7 nitrogen and oxygen atoms in total. The Hall–Kier alpha value is -2.74. The molecule has 1 atom stereocenters. The molecule has 1 N–H and O–H groups in total. The zero-order valence-corrected chi connectivity index (χ0v) is 15.2. The molecule has 3 rings (SSSR count). The van der Waals surface area contributed by atoms with Crippen molar-refractivity contribution in [2.24, 2.45) is 0 Å². The van der Waals surface area contributed by atoms with Gasteiger partial charge in [-0.3, -0.25) is 4.79 Å². The maximum absolute atomic E-state index is 12.3. The highest BCUT2D eigenvalue weighted by atomic mass is 32.2. The van der Waals surface area contributed by atoms with E-state index >= 15 is 0 Å². The minimum atomic E-state index is -0.925. The van der Waals surface area contributed by atoms with E-state index in [9.17, 15) is 9.59 Å². The van der Waals surface area contributed by atoms with Crippen LogP contribution in [0.4, 0.5) is 0 Å². The Balaban J connectivity index is 1.55. The Morgan fingerprint density at radius 1 is 1.31 bits per heavy atom. The minimum Gasteiger partial charge on any atom is -0.454 e. The lowest BCUT2D eigenvalue weighted by molar-refractivity contribution is -0.129. The van der Waals surface area contributed by atoms with E-state index in [2.05, 4.69) is 10.3 Å². The summed E-state index contributed by atoms with van der Waals surface area (Å²) in [4.78, 5) is 28.6. The molecule has 0 spiro atoms. The number of nitrogens with zero attached hydrogens (tertiary/aromatic N) is 1. The fraction of sp³-hybridized carbons (Fsp3) is 0.278. The summed E-state index contributed by atoms with van der Waals surface area (Å²) in [6, 6.07) is 8.71. The molecular weight excluding hydrogens is 356 g/mol. The predicted molar refractivity (Wildman–Crippen MR) is 95.3 cm³/mol. The summed E-state index contributed by atoms with van der Waals surface area (Å²) >= 11 is 1.34. The molecule has 0 fully saturated rings. The SMILES string of the molecule is CSc1ncccc1C(=O)O[C@@H](C)C(=O)NCc1ccc2c(c1)OCO2. The van der Waals surface area contributed by atoms with Crippen molar-refractivity contribution in [2.75, 3.05) is 13.0 Å². The van der Waals surface area contributed by atoms with Gasteiger partial charge in [0, 0.05) is 12.7 Å². The molecule has 0 bridgehead atoms. The van der Waals surface area contributed by atoms with Gasteiger partial charge in [-0.2, -0.15) is 0 Å². The average Bonchev–Trinajstić information content (AvgIpc) is 3.13. The van der Waals surface area contributed by atoms with E-state index in [1.165, 1.54) is 18.7 Å². The Morgan fingerprint density at radius 2 is 2.12 bits per heavy atom. The average molecular weight is 374 g/mol. The van der Waals surface area contributed by atoms with Gasteiger partial charge in [0.1, 0.15) is 5.03 Å². The summed E-state index contributed by atoms with van der Waals surface area (Å²) in [6.45, 7) is 2.02. The number of amides is 1. The van der Waals surface area contributed by atoms with E-state index in [0.717, 1.165) is 5.56 Å². The molecule has 8 heteroatoms. The second-order valence-electron chi connectivity index (χ2n) is 5.51. The van der Waals surface area contributed by atoms with Gasteiger partial charge in [-0.15, -0.1) is 11.8 Å². The number of aromatic nitrogens is 1. The van der Waals surface area contributed by atoms with Crippen LogP contribution in [0.3, 0.4) is 0 Å². The van der Waals surface area contributed by atoms with Crippen LogP contribution in [-0.2, 0) is 16.1 Å². The normalized spacial score (nSPS) is 13.2. The summed E-state index contributed by atoms with van der Waals surface area (Å²) in [5.41, 5.74) is 1.20. The number of esters is 1. The van der Waals surface area contributed by atoms with Crippen LogP contribution in [-0.4, -0.2) is 36.0 Å². The van der Waals surface area contributed by atoms with Gasteiger partial charge in [0.25, 0.3) is 5.91 Å². The third-order valence-corrected chi connectivity index (χ3v) is 4.45. The van der Waals surface area contributed by atoms with Crippen LogP contribution in [0.15, 0.2) is 41.6 Å². The van der Waals surface area contributed by atoms with E-state index in [0.29, 0.717) is 28.6 Å². The topological polar surface area (TPSA) is 86.8 Å². The van der Waals surface area contributed by atoms with Crippen molar-refractivity contribution in [1.82, 2.24) is 10.3 Å². The maximum Gasteiger partial charge on any atom is 0.341 e. The van der Waals surface area contributed by atoms with Gasteiger partial charge in [-0.1, -0.05) is 6.07 Å². The highest BCUT2D eigenvalue weighted by molar-refractivity contribution is 7.98. The van der Waals surface area contributed by atoms with E-state index in [1.54, 1.807) is 30.5 Å². The highest BCUT2D eigenvalue weighted by Gasteiger charge is 2.21. The second-order valence-corrected chi connectivity index (χ2v) is 6.31. The number of rotatable bonds is 6. The summed E-state index contributed by atoms with van der Waals surface area (Å²) in [5.74, 6) is 0.375. The first-order chi connectivity index (χ1) is 12.6. The van der Waals surface area contributed by atoms with Crippen LogP contribution in [0, 0.1) is 0 Å². The molecule has 1 aromatic heterocycles. The van der Waals surface area contributed by atoms with Crippen molar-refractivity contribution in [2.45, 2.75) is 24.6 Å². The number of carbonyl (C=O) groups excluding carboxylic acids is 2. The number of hydrogen-bond acceptors (Lipinski definition) is 7. The molecule has 1 aromatic carbocycles. The van der Waals surface area contributed by atoms with Crippen molar-refractivity contribution in [3.63, 3.8) is 0 Å². The largest absolute Gasteiger partial charge is 0.454 e. The smallest absolute Gasteiger partial charge is 0.341 e. The molecule has 1 aliphatic heterocycles. The van der Waals surface area contributed by atoms with E-state index in [1.807, 2.05) is 12.3 Å². The first kappa shape index (κ1) is 18.1. The Kier molecular flexibility index (Phi) is 5.62. The van der Waals surface area contributed by atoms with Crippen LogP contribution in [0.1, 0.15) is 22.8 Å². The van der Waals surface area contributed by atoms with Crippen molar-refractivity contribution in [3.05, 3.63) is 47.7 Å². The molecule has 0 radical (unpaired) electrons. The minimum absolute atomic E-state index is 0.199. The predicted octanol–water partition coefficient (Wildman–Crippen LogP) is 2.39. The molecule has 26 heavy (non-hydrogen) atoms. The van der Waals surface area contributed by atoms with Gasteiger partial charge < -0.3 is 19.5 Å². The number of ether oxygens (including phenoxy) is 3. The molecule has 1 aliphatic rings. The molecule has 2 heterocycles. The first-order valence-electron chi connectivity index (χ1n) is 7.94. The zero-order chi connectivity index (χ0) is 18.5. The lowest BCUT2D eigenvalue weighted by Crippen LogP contribution is -2.35. The first-order valence-corrected chi connectivity index (χ1v) is 9.17. The van der Waals surface area contributed by atoms with Crippen molar-refractivity contribution >= 4 is 23.6 Å². The van der Waals surface area contributed by atoms with Gasteiger partial charge in [0.2, 0.25) is 6.79 Å². The highest BCUT2D eigenvalue weighted by Crippen LogP contribution is 2.32. The summed E-state index contributed by atoms with van der Waals surface area (Å²) in [5, 5.41) is 3.30. The fourth-order valence-corrected chi connectivity index (χ4v) is 2.91.